The fraction of sp³-hybridized carbons (Fsp3) is 0.200. The fourth-order valence-corrected chi connectivity index (χ4v) is 2.68. The minimum Gasteiger partial charge on any atom is -0.494 e. The van der Waals surface area contributed by atoms with Crippen LogP contribution >= 0.6 is 11.3 Å². The van der Waals surface area contributed by atoms with E-state index >= 15 is 0 Å². The maximum Gasteiger partial charge on any atom is 0.348 e. The molecule has 5 nitrogen and oxygen atoms in total. The summed E-state index contributed by atoms with van der Waals surface area (Å²) < 4.78 is 7.97. The van der Waals surface area contributed by atoms with Gasteiger partial charge in [-0.3, -0.25) is 0 Å². The number of hydrogen-bond donors (Lipinski definition) is 1. The molecular formula is C10H9N3O2S. The molecule has 0 aliphatic rings. The fourth-order valence-electron chi connectivity index (χ4n) is 1.68. The highest BCUT2D eigenvalue weighted by atomic mass is 32.1. The van der Waals surface area contributed by atoms with Gasteiger partial charge >= 0.3 is 5.69 Å². The average Bonchev–Trinajstić information content (AvgIpc) is 2.79. The Bertz CT molecular complexity index is 710. The molecule has 1 aromatic carbocycles. The van der Waals surface area contributed by atoms with Crippen LogP contribution in [0.15, 0.2) is 23.0 Å². The second-order valence-electron chi connectivity index (χ2n) is 3.31. The molecule has 2 heterocycles. The Morgan fingerprint density at radius 3 is 3.25 bits per heavy atom. The number of ether oxygens (including phenoxy) is 1. The Hall–Kier alpha value is -1.82. The van der Waals surface area contributed by atoms with E-state index in [1.807, 2.05) is 25.1 Å². The van der Waals surface area contributed by atoms with Crippen LogP contribution in [0, 0.1) is 0 Å². The highest BCUT2D eigenvalue weighted by Gasteiger charge is 2.09. The van der Waals surface area contributed by atoms with E-state index in [9.17, 15) is 4.79 Å². The van der Waals surface area contributed by atoms with Crippen molar-refractivity contribution in [2.24, 2.45) is 0 Å². The lowest BCUT2D eigenvalue weighted by Gasteiger charge is -2.01. The van der Waals surface area contributed by atoms with Crippen molar-refractivity contribution < 1.29 is 4.74 Å². The summed E-state index contributed by atoms with van der Waals surface area (Å²) in [6, 6.07) is 5.66. The highest BCUT2D eigenvalue weighted by Crippen LogP contribution is 2.27. The number of thiazole rings is 1. The van der Waals surface area contributed by atoms with Gasteiger partial charge < -0.3 is 4.74 Å². The molecule has 0 radical (unpaired) electrons. The number of fused-ring (bicyclic) bond motifs is 3. The first kappa shape index (κ1) is 9.41. The van der Waals surface area contributed by atoms with Gasteiger partial charge in [-0.2, -0.15) is 0 Å². The summed E-state index contributed by atoms with van der Waals surface area (Å²) in [6.45, 7) is 2.57. The maximum absolute atomic E-state index is 11.5. The van der Waals surface area contributed by atoms with E-state index in [2.05, 4.69) is 10.2 Å². The summed E-state index contributed by atoms with van der Waals surface area (Å²) in [6.07, 6.45) is 0. The van der Waals surface area contributed by atoms with Crippen LogP contribution in [-0.4, -0.2) is 21.2 Å². The summed E-state index contributed by atoms with van der Waals surface area (Å²) >= 11 is 1.46. The van der Waals surface area contributed by atoms with Gasteiger partial charge in [-0.15, -0.1) is 5.10 Å². The van der Waals surface area contributed by atoms with Crippen molar-refractivity contribution in [1.82, 2.24) is 14.6 Å². The number of H-pyrrole nitrogens is 1. The lowest BCUT2D eigenvalue weighted by molar-refractivity contribution is 0.341. The Kier molecular flexibility index (Phi) is 1.97. The first-order valence-corrected chi connectivity index (χ1v) is 5.73. The predicted molar refractivity (Wildman–Crippen MR) is 62.4 cm³/mol. The van der Waals surface area contributed by atoms with Gasteiger partial charge in [0.1, 0.15) is 5.75 Å². The molecule has 3 aromatic rings. The van der Waals surface area contributed by atoms with Crippen LogP contribution in [0.25, 0.3) is 15.2 Å². The smallest absolute Gasteiger partial charge is 0.348 e. The van der Waals surface area contributed by atoms with Crippen LogP contribution < -0.4 is 10.4 Å². The van der Waals surface area contributed by atoms with E-state index in [-0.39, 0.29) is 5.69 Å². The molecule has 0 fully saturated rings. The minimum atomic E-state index is -0.203. The Balaban J connectivity index is 2.33. The van der Waals surface area contributed by atoms with Crippen LogP contribution in [0.5, 0.6) is 5.75 Å². The standard InChI is InChI=1S/C10H9N3O2S/c1-2-15-6-3-4-7-8(5-6)16-10-12-11-9(14)13(7)10/h3-5H,2H2,1H3,(H,11,14). The molecule has 0 bridgehead atoms. The molecule has 0 amide bonds. The zero-order valence-electron chi connectivity index (χ0n) is 8.56. The zero-order valence-corrected chi connectivity index (χ0v) is 9.37. The highest BCUT2D eigenvalue weighted by molar-refractivity contribution is 7.23. The summed E-state index contributed by atoms with van der Waals surface area (Å²) in [5, 5.41) is 6.36. The van der Waals surface area contributed by atoms with Gasteiger partial charge in [0.25, 0.3) is 0 Å². The van der Waals surface area contributed by atoms with Crippen LogP contribution in [-0.2, 0) is 0 Å². The van der Waals surface area contributed by atoms with E-state index in [1.165, 1.54) is 11.3 Å². The minimum absolute atomic E-state index is 0.203. The first-order valence-electron chi connectivity index (χ1n) is 4.92. The van der Waals surface area contributed by atoms with E-state index in [0.29, 0.717) is 11.6 Å². The van der Waals surface area contributed by atoms with Gasteiger partial charge in [-0.1, -0.05) is 11.3 Å². The molecule has 0 aliphatic heterocycles. The molecule has 0 aliphatic carbocycles. The molecule has 0 saturated carbocycles. The van der Waals surface area contributed by atoms with Gasteiger partial charge in [0, 0.05) is 0 Å². The first-order chi connectivity index (χ1) is 7.79. The third kappa shape index (κ3) is 1.23. The summed E-state index contributed by atoms with van der Waals surface area (Å²) in [5.74, 6) is 0.816. The summed E-state index contributed by atoms with van der Waals surface area (Å²) in [7, 11) is 0. The molecule has 0 saturated heterocycles. The van der Waals surface area contributed by atoms with Crippen molar-refractivity contribution in [2.75, 3.05) is 6.61 Å². The van der Waals surface area contributed by atoms with E-state index in [4.69, 9.17) is 4.74 Å². The molecule has 82 valence electrons. The van der Waals surface area contributed by atoms with Crippen LogP contribution in [0.3, 0.4) is 0 Å². The number of rotatable bonds is 2. The number of aromatic amines is 1. The zero-order chi connectivity index (χ0) is 11.1. The number of nitrogens with one attached hydrogen (secondary N) is 1. The van der Waals surface area contributed by atoms with Crippen LogP contribution in [0.1, 0.15) is 6.92 Å². The second-order valence-corrected chi connectivity index (χ2v) is 4.32. The lowest BCUT2D eigenvalue weighted by Crippen LogP contribution is -2.07. The third-order valence-corrected chi connectivity index (χ3v) is 3.33. The van der Waals surface area contributed by atoms with E-state index < -0.39 is 0 Å². The number of hydrogen-bond acceptors (Lipinski definition) is 4. The van der Waals surface area contributed by atoms with Crippen LogP contribution in [0.4, 0.5) is 0 Å². The second kappa shape index (κ2) is 3.34. The Morgan fingerprint density at radius 1 is 1.56 bits per heavy atom. The van der Waals surface area contributed by atoms with E-state index in [1.54, 1.807) is 4.40 Å². The quantitative estimate of drug-likeness (QED) is 0.734. The van der Waals surface area contributed by atoms with Crippen molar-refractivity contribution in [3.8, 4) is 5.75 Å². The maximum atomic E-state index is 11.5. The van der Waals surface area contributed by atoms with Crippen molar-refractivity contribution in [2.45, 2.75) is 6.92 Å². The molecule has 1 N–H and O–H groups in total. The average molecular weight is 235 g/mol. The van der Waals surface area contributed by atoms with Gasteiger partial charge in [0.2, 0.25) is 4.96 Å². The van der Waals surface area contributed by atoms with Crippen molar-refractivity contribution >= 4 is 26.5 Å². The molecule has 16 heavy (non-hydrogen) atoms. The molecule has 0 unspecified atom stereocenters. The molecular weight excluding hydrogens is 226 g/mol. The van der Waals surface area contributed by atoms with Crippen molar-refractivity contribution in [3.63, 3.8) is 0 Å². The Labute approximate surface area is 94.3 Å². The Morgan fingerprint density at radius 2 is 2.44 bits per heavy atom. The third-order valence-electron chi connectivity index (χ3n) is 2.33. The summed E-state index contributed by atoms with van der Waals surface area (Å²) in [4.78, 5) is 12.2. The molecule has 2 aromatic heterocycles. The normalized spacial score (nSPS) is 11.3. The monoisotopic (exact) mass is 235 g/mol. The predicted octanol–water partition coefficient (Wildman–Crippen LogP) is 1.64. The SMILES string of the molecule is CCOc1ccc2c(c1)sc1n[nH]c(=O)n12. The molecule has 3 rings (SSSR count). The summed E-state index contributed by atoms with van der Waals surface area (Å²) in [5.41, 5.74) is 0.660. The van der Waals surface area contributed by atoms with Gasteiger partial charge in [-0.25, -0.2) is 14.3 Å². The largest absolute Gasteiger partial charge is 0.494 e. The van der Waals surface area contributed by atoms with E-state index in [0.717, 1.165) is 16.0 Å². The molecule has 0 spiro atoms. The van der Waals surface area contributed by atoms with Crippen molar-refractivity contribution in [3.05, 3.63) is 28.7 Å². The van der Waals surface area contributed by atoms with Gasteiger partial charge in [0.15, 0.2) is 0 Å². The number of aromatic nitrogens is 3. The number of benzene rings is 1. The van der Waals surface area contributed by atoms with Gasteiger partial charge in [-0.05, 0) is 25.1 Å². The van der Waals surface area contributed by atoms with Crippen LogP contribution in [0.2, 0.25) is 0 Å². The topological polar surface area (TPSA) is 59.4 Å². The number of nitrogens with zero attached hydrogens (tertiary/aromatic N) is 2. The van der Waals surface area contributed by atoms with Gasteiger partial charge in [0.05, 0.1) is 16.8 Å². The molecule has 6 heteroatoms. The van der Waals surface area contributed by atoms with Crippen molar-refractivity contribution in [1.29, 1.82) is 0 Å². The molecule has 0 atom stereocenters. The lowest BCUT2D eigenvalue weighted by atomic mass is 10.3.